The predicted octanol–water partition coefficient (Wildman–Crippen LogP) is 1.85. The van der Waals surface area contributed by atoms with Crippen molar-refractivity contribution >= 4 is 13.8 Å². The van der Waals surface area contributed by atoms with Crippen molar-refractivity contribution in [2.24, 2.45) is 5.92 Å². The van der Waals surface area contributed by atoms with Crippen LogP contribution in [0.2, 0.25) is 5.82 Å². The van der Waals surface area contributed by atoms with E-state index in [1.165, 1.54) is 19.3 Å². The summed E-state index contributed by atoms with van der Waals surface area (Å²) in [6, 6.07) is 0. The predicted molar refractivity (Wildman–Crippen MR) is 55.7 cm³/mol. The van der Waals surface area contributed by atoms with Crippen LogP contribution < -0.4 is 0 Å². The Kier molecular flexibility index (Phi) is 4.33. The lowest BCUT2D eigenvalue weighted by atomic mass is 9.80. The van der Waals surface area contributed by atoms with E-state index in [1.54, 1.807) is 0 Å². The van der Waals surface area contributed by atoms with Gasteiger partial charge in [-0.15, -0.1) is 0 Å². The molecule has 2 nitrogen and oxygen atoms in total. The second kappa shape index (κ2) is 5.30. The molecule has 1 saturated carbocycles. The summed E-state index contributed by atoms with van der Waals surface area (Å²) in [7, 11) is 2.28. The summed E-state index contributed by atoms with van der Waals surface area (Å²) in [6.45, 7) is 0. The molecule has 0 bridgehead atoms. The Labute approximate surface area is 81.1 Å². The second-order valence-corrected chi connectivity index (χ2v) is 4.36. The summed E-state index contributed by atoms with van der Waals surface area (Å²) in [5.74, 6) is 0.146. The largest absolute Gasteiger partial charge is 0.481 e. The normalized spacial score (nSPS) is 31.4. The van der Waals surface area contributed by atoms with Gasteiger partial charge in [0.15, 0.2) is 0 Å². The molecule has 2 unspecified atom stereocenters. The van der Waals surface area contributed by atoms with E-state index < -0.39 is 5.97 Å². The van der Waals surface area contributed by atoms with Crippen LogP contribution in [0, 0.1) is 5.92 Å². The van der Waals surface area contributed by atoms with Crippen molar-refractivity contribution < 1.29 is 9.90 Å². The number of hydrogen-bond acceptors (Lipinski definition) is 1. The van der Waals surface area contributed by atoms with Crippen LogP contribution in [0.15, 0.2) is 0 Å². The van der Waals surface area contributed by atoms with Gasteiger partial charge in [0.2, 0.25) is 0 Å². The average Bonchev–Trinajstić information content (AvgIpc) is 2.16. The third-order valence-corrected chi connectivity index (χ3v) is 3.10. The SMILES string of the molecule is BC1CCCCC(C(=O)O)CCC1. The van der Waals surface area contributed by atoms with E-state index in [-0.39, 0.29) is 5.92 Å². The van der Waals surface area contributed by atoms with E-state index in [4.69, 9.17) is 5.11 Å². The Morgan fingerprint density at radius 1 is 1.08 bits per heavy atom. The molecule has 2 atom stereocenters. The Morgan fingerprint density at radius 3 is 2.31 bits per heavy atom. The minimum Gasteiger partial charge on any atom is -0.481 e. The van der Waals surface area contributed by atoms with Gasteiger partial charge >= 0.3 is 5.97 Å². The lowest BCUT2D eigenvalue weighted by Gasteiger charge is -2.09. The molecule has 0 aliphatic heterocycles. The Bertz CT molecular complexity index is 170. The fourth-order valence-electron chi connectivity index (χ4n) is 2.13. The molecular formula is C10H19BO2. The van der Waals surface area contributed by atoms with Crippen LogP contribution in [0.3, 0.4) is 0 Å². The fraction of sp³-hybridized carbons (Fsp3) is 0.900. The van der Waals surface area contributed by atoms with Crippen LogP contribution in [0.5, 0.6) is 0 Å². The van der Waals surface area contributed by atoms with E-state index in [0.29, 0.717) is 0 Å². The average molecular weight is 182 g/mol. The lowest BCUT2D eigenvalue weighted by Crippen LogP contribution is -2.13. The first-order chi connectivity index (χ1) is 6.20. The van der Waals surface area contributed by atoms with E-state index in [1.807, 2.05) is 0 Å². The number of aliphatic carboxylic acids is 1. The molecule has 74 valence electrons. The van der Waals surface area contributed by atoms with Gasteiger partial charge in [-0.1, -0.05) is 37.9 Å². The van der Waals surface area contributed by atoms with Gasteiger partial charge in [0.1, 0.15) is 7.85 Å². The third-order valence-electron chi connectivity index (χ3n) is 3.10. The molecule has 1 aliphatic rings. The molecule has 1 aliphatic carbocycles. The van der Waals surface area contributed by atoms with Gasteiger partial charge in [-0.05, 0) is 12.8 Å². The van der Waals surface area contributed by atoms with Crippen LogP contribution in [-0.2, 0) is 4.79 Å². The molecule has 0 aromatic carbocycles. The molecular weight excluding hydrogens is 163 g/mol. The summed E-state index contributed by atoms with van der Waals surface area (Å²) in [6.07, 6.45) is 7.68. The summed E-state index contributed by atoms with van der Waals surface area (Å²) in [5.41, 5.74) is 0. The van der Waals surface area contributed by atoms with Crippen molar-refractivity contribution in [3.63, 3.8) is 0 Å². The molecule has 1 fully saturated rings. The van der Waals surface area contributed by atoms with E-state index in [0.717, 1.165) is 31.5 Å². The smallest absolute Gasteiger partial charge is 0.306 e. The fourth-order valence-corrected chi connectivity index (χ4v) is 2.13. The van der Waals surface area contributed by atoms with Gasteiger partial charge < -0.3 is 5.11 Å². The number of rotatable bonds is 1. The van der Waals surface area contributed by atoms with Gasteiger partial charge in [-0.2, -0.15) is 0 Å². The monoisotopic (exact) mass is 182 g/mol. The molecule has 3 heteroatoms. The Balaban J connectivity index is 2.38. The molecule has 1 N–H and O–H groups in total. The standard InChI is InChI=1S/C10H19BO2/c11-9-6-2-1-4-8(10(12)13)5-3-7-9/h8-9H,1-7,11H2,(H,12,13). The highest BCUT2D eigenvalue weighted by atomic mass is 16.4. The Morgan fingerprint density at radius 2 is 1.62 bits per heavy atom. The van der Waals surface area contributed by atoms with Gasteiger partial charge in [0.05, 0.1) is 5.92 Å². The van der Waals surface area contributed by atoms with Crippen LogP contribution in [-0.4, -0.2) is 18.9 Å². The van der Waals surface area contributed by atoms with E-state index in [9.17, 15) is 4.79 Å². The summed E-state index contributed by atoms with van der Waals surface area (Å²) >= 11 is 0. The van der Waals surface area contributed by atoms with Crippen LogP contribution in [0.4, 0.5) is 0 Å². The topological polar surface area (TPSA) is 37.3 Å². The Hall–Kier alpha value is -0.465. The zero-order valence-electron chi connectivity index (χ0n) is 8.46. The van der Waals surface area contributed by atoms with E-state index in [2.05, 4.69) is 7.85 Å². The van der Waals surface area contributed by atoms with Gasteiger partial charge in [0, 0.05) is 0 Å². The number of hydrogen-bond donors (Lipinski definition) is 1. The van der Waals surface area contributed by atoms with Crippen molar-refractivity contribution in [3.8, 4) is 0 Å². The quantitative estimate of drug-likeness (QED) is 0.628. The highest BCUT2D eigenvalue weighted by Gasteiger charge is 2.18. The highest BCUT2D eigenvalue weighted by Crippen LogP contribution is 2.26. The van der Waals surface area contributed by atoms with Crippen LogP contribution >= 0.6 is 0 Å². The van der Waals surface area contributed by atoms with Crippen molar-refractivity contribution in [1.82, 2.24) is 0 Å². The number of carboxylic acids is 1. The first-order valence-electron chi connectivity index (χ1n) is 5.43. The molecule has 1 rings (SSSR count). The first-order valence-corrected chi connectivity index (χ1v) is 5.43. The highest BCUT2D eigenvalue weighted by molar-refractivity contribution is 6.11. The molecule has 0 aromatic heterocycles. The van der Waals surface area contributed by atoms with Crippen molar-refractivity contribution in [2.45, 2.75) is 50.8 Å². The van der Waals surface area contributed by atoms with Gasteiger partial charge in [-0.3, -0.25) is 4.79 Å². The number of carboxylic acid groups (broad SMARTS) is 1. The second-order valence-electron chi connectivity index (χ2n) is 4.36. The zero-order chi connectivity index (χ0) is 9.68. The molecule has 0 amide bonds. The maximum Gasteiger partial charge on any atom is 0.306 e. The molecule has 0 spiro atoms. The van der Waals surface area contributed by atoms with Crippen LogP contribution in [0.1, 0.15) is 44.9 Å². The lowest BCUT2D eigenvalue weighted by molar-refractivity contribution is -0.142. The summed E-state index contributed by atoms with van der Waals surface area (Å²) in [5, 5.41) is 8.91. The minimum atomic E-state index is -0.588. The minimum absolute atomic E-state index is 0.0645. The summed E-state index contributed by atoms with van der Waals surface area (Å²) in [4.78, 5) is 10.8. The molecule has 0 saturated heterocycles. The zero-order valence-corrected chi connectivity index (χ0v) is 8.46. The first kappa shape index (κ1) is 10.6. The maximum absolute atomic E-state index is 10.8. The van der Waals surface area contributed by atoms with E-state index >= 15 is 0 Å². The number of carbonyl (C=O) groups is 1. The van der Waals surface area contributed by atoms with Gasteiger partial charge in [0.25, 0.3) is 0 Å². The molecule has 13 heavy (non-hydrogen) atoms. The molecule has 0 aromatic rings. The third kappa shape index (κ3) is 3.84. The van der Waals surface area contributed by atoms with Crippen molar-refractivity contribution in [2.75, 3.05) is 0 Å². The molecule has 0 radical (unpaired) electrons. The molecule has 0 heterocycles. The van der Waals surface area contributed by atoms with Gasteiger partial charge in [-0.25, -0.2) is 0 Å². The summed E-state index contributed by atoms with van der Waals surface area (Å²) < 4.78 is 0. The maximum atomic E-state index is 10.8. The van der Waals surface area contributed by atoms with Crippen molar-refractivity contribution in [3.05, 3.63) is 0 Å². The van der Waals surface area contributed by atoms with Crippen molar-refractivity contribution in [1.29, 1.82) is 0 Å². The van der Waals surface area contributed by atoms with Crippen LogP contribution in [0.25, 0.3) is 0 Å².